The fourth-order valence-electron chi connectivity index (χ4n) is 4.71. The van der Waals surface area contributed by atoms with E-state index in [9.17, 15) is 14.4 Å². The summed E-state index contributed by atoms with van der Waals surface area (Å²) >= 11 is 0. The summed E-state index contributed by atoms with van der Waals surface area (Å²) in [6.45, 7) is 14.4. The largest absolute Gasteiger partial charge is 0.465 e. The minimum atomic E-state index is -0.202. The van der Waals surface area contributed by atoms with Crippen LogP contribution in [0.2, 0.25) is 0 Å². The molecule has 0 saturated heterocycles. The number of rotatable bonds is 27. The maximum atomic E-state index is 12.0. The maximum Gasteiger partial charge on any atom is 0.308 e. The van der Waals surface area contributed by atoms with Gasteiger partial charge in [-0.1, -0.05) is 117 Å². The lowest BCUT2D eigenvalue weighted by Gasteiger charge is -2.13. The van der Waals surface area contributed by atoms with Gasteiger partial charge in [0.2, 0.25) is 0 Å². The second-order valence-electron chi connectivity index (χ2n) is 12.3. The summed E-state index contributed by atoms with van der Waals surface area (Å²) < 4.78 is 15.4. The first kappa shape index (κ1) is 42.5. The van der Waals surface area contributed by atoms with Gasteiger partial charge < -0.3 is 14.2 Å². The van der Waals surface area contributed by atoms with Crippen molar-refractivity contribution in [3.8, 4) is 0 Å². The average molecular weight is 599 g/mol. The van der Waals surface area contributed by atoms with Crippen molar-refractivity contribution in [2.24, 2.45) is 5.92 Å². The summed E-state index contributed by atoms with van der Waals surface area (Å²) in [7, 11) is 0. The second-order valence-corrected chi connectivity index (χ2v) is 12.3. The molecule has 6 nitrogen and oxygen atoms in total. The molecule has 0 aromatic carbocycles. The third-order valence-corrected chi connectivity index (χ3v) is 7.22. The molecular formula is C36H70O6. The quantitative estimate of drug-likeness (QED) is 0.0531. The van der Waals surface area contributed by atoms with Crippen LogP contribution in [0.5, 0.6) is 0 Å². The first-order chi connectivity index (χ1) is 20.2. The Bertz CT molecular complexity index is 592. The predicted molar refractivity (Wildman–Crippen MR) is 176 cm³/mol. The molecule has 250 valence electrons. The lowest BCUT2D eigenvalue weighted by molar-refractivity contribution is -0.149. The highest BCUT2D eigenvalue weighted by Gasteiger charge is 2.16. The van der Waals surface area contributed by atoms with Gasteiger partial charge >= 0.3 is 17.9 Å². The zero-order valence-electron chi connectivity index (χ0n) is 28.9. The molecule has 0 N–H and O–H groups in total. The van der Waals surface area contributed by atoms with Gasteiger partial charge in [0.1, 0.15) is 0 Å². The summed E-state index contributed by atoms with van der Waals surface area (Å²) in [4.78, 5) is 34.3. The van der Waals surface area contributed by atoms with E-state index < -0.39 is 0 Å². The van der Waals surface area contributed by atoms with Gasteiger partial charge in [-0.15, -0.1) is 0 Å². The molecular weight excluding hydrogens is 528 g/mol. The average Bonchev–Trinajstić information content (AvgIpc) is 2.93. The Balaban J connectivity index is 0. The topological polar surface area (TPSA) is 78.9 Å². The Morgan fingerprint density at radius 3 is 1.24 bits per heavy atom. The molecule has 0 aromatic heterocycles. The molecule has 0 spiro atoms. The van der Waals surface area contributed by atoms with Crippen LogP contribution in [0.4, 0.5) is 0 Å². The Labute approximate surface area is 260 Å². The molecule has 0 rings (SSSR count). The zero-order chi connectivity index (χ0) is 31.8. The van der Waals surface area contributed by atoms with Crippen LogP contribution < -0.4 is 0 Å². The summed E-state index contributed by atoms with van der Waals surface area (Å²) in [5, 5.41) is 0. The highest BCUT2D eigenvalue weighted by molar-refractivity contribution is 5.72. The van der Waals surface area contributed by atoms with E-state index in [2.05, 4.69) is 20.8 Å². The van der Waals surface area contributed by atoms with Crippen LogP contribution >= 0.6 is 0 Å². The number of hydrogen-bond donors (Lipinski definition) is 0. The summed E-state index contributed by atoms with van der Waals surface area (Å²) in [5.74, 6) is -0.239. The molecule has 0 amide bonds. The van der Waals surface area contributed by atoms with Crippen molar-refractivity contribution in [3.05, 3.63) is 0 Å². The first-order valence-corrected chi connectivity index (χ1v) is 17.7. The van der Waals surface area contributed by atoms with Crippen molar-refractivity contribution in [1.82, 2.24) is 0 Å². The number of carbonyl (C=O) groups excluding carboxylic acids is 3. The number of ether oxygens (including phenoxy) is 3. The molecule has 0 saturated carbocycles. The first-order valence-electron chi connectivity index (χ1n) is 17.7. The van der Waals surface area contributed by atoms with Gasteiger partial charge in [0.15, 0.2) is 0 Å². The SMILES string of the molecule is CC(C)OC(=O)CCCCC(=O)OC(C)C.CCCCCCCCCCCCCCCCOC(=O)C(CC)CCCC. The van der Waals surface area contributed by atoms with Gasteiger partial charge in [-0.05, 0) is 59.8 Å². The molecule has 1 unspecified atom stereocenters. The number of carbonyl (C=O) groups is 3. The van der Waals surface area contributed by atoms with Gasteiger partial charge in [0.05, 0.1) is 24.7 Å². The molecule has 0 aliphatic rings. The molecule has 0 aliphatic heterocycles. The van der Waals surface area contributed by atoms with Crippen LogP contribution in [0.25, 0.3) is 0 Å². The fourth-order valence-corrected chi connectivity index (χ4v) is 4.71. The Hall–Kier alpha value is -1.59. The van der Waals surface area contributed by atoms with Crippen molar-refractivity contribution >= 4 is 17.9 Å². The normalized spacial score (nSPS) is 11.6. The van der Waals surface area contributed by atoms with Gasteiger partial charge in [0, 0.05) is 12.8 Å². The summed E-state index contributed by atoms with van der Waals surface area (Å²) in [6, 6.07) is 0. The van der Waals surface area contributed by atoms with Gasteiger partial charge in [-0.2, -0.15) is 0 Å². The zero-order valence-corrected chi connectivity index (χ0v) is 28.9. The molecule has 6 heteroatoms. The lowest BCUT2D eigenvalue weighted by Crippen LogP contribution is -2.17. The van der Waals surface area contributed by atoms with Gasteiger partial charge in [0.25, 0.3) is 0 Å². The molecule has 1 atom stereocenters. The molecule has 0 aliphatic carbocycles. The summed E-state index contributed by atoms with van der Waals surface area (Å²) in [5.41, 5.74) is 0. The van der Waals surface area contributed by atoms with Crippen LogP contribution in [-0.4, -0.2) is 36.7 Å². The monoisotopic (exact) mass is 599 g/mol. The van der Waals surface area contributed by atoms with Crippen LogP contribution in [0.15, 0.2) is 0 Å². The van der Waals surface area contributed by atoms with Crippen molar-refractivity contribution < 1.29 is 28.6 Å². The van der Waals surface area contributed by atoms with E-state index in [-0.39, 0.29) is 36.0 Å². The molecule has 0 bridgehead atoms. The Morgan fingerprint density at radius 1 is 0.500 bits per heavy atom. The third-order valence-electron chi connectivity index (χ3n) is 7.22. The molecule has 0 radical (unpaired) electrons. The maximum absolute atomic E-state index is 12.0. The standard InChI is InChI=1S/C24H48O2.C12H22O4/c1-4-7-9-10-11-12-13-14-15-16-17-18-19-20-22-26-24(25)23(6-3)21-8-5-2;1-9(2)15-11(13)7-5-6-8-12(14)16-10(3)4/h23H,4-22H2,1-3H3;9-10H,5-8H2,1-4H3. The van der Waals surface area contributed by atoms with Gasteiger partial charge in [-0.25, -0.2) is 0 Å². The highest BCUT2D eigenvalue weighted by atomic mass is 16.5. The van der Waals surface area contributed by atoms with Crippen molar-refractivity contribution in [1.29, 1.82) is 0 Å². The van der Waals surface area contributed by atoms with E-state index in [0.29, 0.717) is 32.3 Å². The smallest absolute Gasteiger partial charge is 0.308 e. The van der Waals surface area contributed by atoms with E-state index in [1.807, 2.05) is 27.7 Å². The molecule has 0 heterocycles. The second kappa shape index (κ2) is 32.3. The van der Waals surface area contributed by atoms with Crippen LogP contribution in [-0.2, 0) is 28.6 Å². The Morgan fingerprint density at radius 2 is 0.881 bits per heavy atom. The molecule has 0 aromatic rings. The molecule has 42 heavy (non-hydrogen) atoms. The minimum Gasteiger partial charge on any atom is -0.465 e. The van der Waals surface area contributed by atoms with E-state index in [4.69, 9.17) is 14.2 Å². The minimum absolute atomic E-state index is 0.0376. The predicted octanol–water partition coefficient (Wildman–Crippen LogP) is 10.7. The highest BCUT2D eigenvalue weighted by Crippen LogP contribution is 2.16. The van der Waals surface area contributed by atoms with Crippen LogP contribution in [0, 0.1) is 5.92 Å². The van der Waals surface area contributed by atoms with E-state index in [0.717, 1.165) is 32.1 Å². The van der Waals surface area contributed by atoms with Crippen LogP contribution in [0.1, 0.15) is 190 Å². The number of hydrogen-bond acceptors (Lipinski definition) is 6. The van der Waals surface area contributed by atoms with Crippen molar-refractivity contribution in [3.63, 3.8) is 0 Å². The number of esters is 3. The fraction of sp³-hybridized carbons (Fsp3) is 0.917. The molecule has 0 fully saturated rings. The van der Waals surface area contributed by atoms with E-state index in [1.165, 1.54) is 83.5 Å². The number of unbranched alkanes of at least 4 members (excludes halogenated alkanes) is 15. The van der Waals surface area contributed by atoms with E-state index in [1.54, 1.807) is 0 Å². The summed E-state index contributed by atoms with van der Waals surface area (Å²) in [6.07, 6.45) is 25.1. The van der Waals surface area contributed by atoms with Crippen molar-refractivity contribution in [2.75, 3.05) is 6.61 Å². The van der Waals surface area contributed by atoms with E-state index >= 15 is 0 Å². The van der Waals surface area contributed by atoms with Crippen LogP contribution in [0.3, 0.4) is 0 Å². The third kappa shape index (κ3) is 32.9. The Kier molecular flexibility index (Phi) is 32.7. The van der Waals surface area contributed by atoms with Gasteiger partial charge in [-0.3, -0.25) is 14.4 Å². The van der Waals surface area contributed by atoms with Crippen molar-refractivity contribution in [2.45, 2.75) is 202 Å². The lowest BCUT2D eigenvalue weighted by atomic mass is 10.00.